The summed E-state index contributed by atoms with van der Waals surface area (Å²) in [6.45, 7) is 7.15. The van der Waals surface area contributed by atoms with Crippen molar-refractivity contribution in [3.05, 3.63) is 47.3 Å². The molecule has 564 valence electrons. The van der Waals surface area contributed by atoms with Gasteiger partial charge in [-0.15, -0.1) is 5.10 Å². The number of H-pyrrole nitrogens is 1. The minimum Gasteiger partial charge on any atom is -0.508 e. The molecular weight excluding hydrogens is 1380 g/mol. The second-order valence-electron chi connectivity index (χ2n) is 24.9. The number of primary amides is 1. The quantitative estimate of drug-likeness (QED) is 0.0200. The highest BCUT2D eigenvalue weighted by Gasteiger charge is 2.45. The molecule has 11 atom stereocenters. The van der Waals surface area contributed by atoms with Crippen molar-refractivity contribution in [3.63, 3.8) is 0 Å². The van der Waals surface area contributed by atoms with Crippen LogP contribution in [0.1, 0.15) is 69.7 Å². The largest absolute Gasteiger partial charge is 0.508 e. The second kappa shape index (κ2) is 41.6. The van der Waals surface area contributed by atoms with Crippen LogP contribution in [0.4, 0.5) is 0 Å². The SMILES string of the molecule is CC[C@H](C)[C@@H]1CC(=O)CNC(=O)[C@H]2CC(=O)C([C@@H](C)[C@@H](O)CO)NC(=O)[C@@H]3C[C@@H](O)CN3C(=O)[C@H](CC(N)=O)NC(=O)[C@H](CS(=O)c3[nH]c4c(CSCCOCCOCCOCCOCCOCCOCCOCCn5cc(CN6C(=O)C=CC6=O)nn5)c(O)ccc4c3C2)NC(=O)CNC1=O. The Balaban J connectivity index is 0.943. The molecule has 0 radical (unpaired) electrons. The Morgan fingerprint density at radius 3 is 1.98 bits per heavy atom. The number of aromatic hydroxyl groups is 1. The van der Waals surface area contributed by atoms with Crippen molar-refractivity contribution in [2.45, 2.75) is 120 Å². The van der Waals surface area contributed by atoms with E-state index in [0.717, 1.165) is 9.80 Å². The van der Waals surface area contributed by atoms with Crippen molar-refractivity contribution in [1.82, 2.24) is 56.4 Å². The Kier molecular flexibility index (Phi) is 33.3. The number of carbonyl (C=O) groups is 11. The summed E-state index contributed by atoms with van der Waals surface area (Å²) >= 11 is 1.35. The van der Waals surface area contributed by atoms with Crippen LogP contribution in [0.5, 0.6) is 5.75 Å². The van der Waals surface area contributed by atoms with Gasteiger partial charge in [0.2, 0.25) is 41.4 Å². The number of ketones is 2. The molecule has 4 aliphatic heterocycles. The van der Waals surface area contributed by atoms with E-state index in [1.807, 2.05) is 0 Å². The van der Waals surface area contributed by atoms with E-state index in [1.165, 1.54) is 43.0 Å². The molecule has 0 spiro atoms. The van der Waals surface area contributed by atoms with Gasteiger partial charge in [-0.3, -0.25) is 61.8 Å². The molecule has 3 aromatic rings. The molecule has 2 aromatic heterocycles. The zero-order valence-electron chi connectivity index (χ0n) is 57.3. The predicted molar refractivity (Wildman–Crippen MR) is 361 cm³/mol. The Hall–Kier alpha value is -7.69. The predicted octanol–water partition coefficient (Wildman–Crippen LogP) is -3.67. The molecule has 6 heterocycles. The van der Waals surface area contributed by atoms with Gasteiger partial charge in [0, 0.05) is 78.2 Å². The van der Waals surface area contributed by atoms with E-state index in [2.05, 4.69) is 41.9 Å². The minimum atomic E-state index is -2.45. The highest BCUT2D eigenvalue weighted by molar-refractivity contribution is 7.98. The molecule has 4 aliphatic rings. The first-order valence-corrected chi connectivity index (χ1v) is 36.3. The fourth-order valence-corrected chi connectivity index (χ4v) is 13.9. The first kappa shape index (κ1) is 81.6. The third-order valence-electron chi connectivity index (χ3n) is 17.6. The number of phenolic OH excluding ortho intramolecular Hbond substituents is 1. The molecule has 37 heteroatoms. The number of phenols is 1. The van der Waals surface area contributed by atoms with Crippen LogP contribution in [0.25, 0.3) is 10.9 Å². The van der Waals surface area contributed by atoms with E-state index in [-0.39, 0.29) is 65.8 Å². The second-order valence-corrected chi connectivity index (χ2v) is 27.5. The minimum absolute atomic E-state index is 0.0488. The van der Waals surface area contributed by atoms with Crippen LogP contribution < -0.4 is 32.3 Å². The summed E-state index contributed by atoms with van der Waals surface area (Å²) in [4.78, 5) is 156. The molecule has 9 amide bonds. The highest BCUT2D eigenvalue weighted by Crippen LogP contribution is 2.37. The highest BCUT2D eigenvalue weighted by atomic mass is 32.2. The first-order valence-electron chi connectivity index (χ1n) is 33.8. The van der Waals surface area contributed by atoms with Gasteiger partial charge in [-0.25, -0.2) is 4.68 Å². The molecule has 7 rings (SSSR count). The van der Waals surface area contributed by atoms with E-state index >= 15 is 4.21 Å². The average molecular weight is 1480 g/mol. The van der Waals surface area contributed by atoms with Gasteiger partial charge in [0.15, 0.2) is 11.6 Å². The number of Topliss-reactive ketones (excluding diaryl/α,β-unsaturated/α-hetero) is 2. The van der Waals surface area contributed by atoms with Crippen molar-refractivity contribution < 1.29 is 111 Å². The van der Waals surface area contributed by atoms with Gasteiger partial charge in [0.05, 0.1) is 178 Å². The molecule has 2 bridgehead atoms. The maximum absolute atomic E-state index is 15.3. The fourth-order valence-electron chi connectivity index (χ4n) is 11.7. The number of nitrogens with one attached hydrogen (secondary N) is 6. The van der Waals surface area contributed by atoms with Crippen LogP contribution in [-0.4, -0.2) is 286 Å². The number of aromatic amines is 1. The number of ether oxygens (including phenoxy) is 7. The third kappa shape index (κ3) is 24.5. The Labute approximate surface area is 594 Å². The number of hydrogen-bond donors (Lipinski definition) is 11. The van der Waals surface area contributed by atoms with Crippen LogP contribution in [0.15, 0.2) is 35.5 Å². The molecule has 35 nitrogen and oxygen atoms in total. The maximum Gasteiger partial charge on any atom is 0.253 e. The van der Waals surface area contributed by atoms with Gasteiger partial charge in [0.1, 0.15) is 34.6 Å². The number of hydrogen-bond acceptors (Lipinski definition) is 26. The van der Waals surface area contributed by atoms with Gasteiger partial charge in [-0.2, -0.15) is 11.8 Å². The molecule has 0 saturated carbocycles. The smallest absolute Gasteiger partial charge is 0.253 e. The molecule has 0 aliphatic carbocycles. The van der Waals surface area contributed by atoms with Crippen molar-refractivity contribution in [2.24, 2.45) is 29.4 Å². The van der Waals surface area contributed by atoms with Crippen molar-refractivity contribution >= 4 is 98.2 Å². The zero-order valence-corrected chi connectivity index (χ0v) is 59.0. The van der Waals surface area contributed by atoms with E-state index in [9.17, 15) is 73.2 Å². The number of benzene rings is 1. The van der Waals surface area contributed by atoms with E-state index in [1.54, 1.807) is 24.7 Å². The standard InChI is InChI=1S/C65H94N12O23S2/c1-4-38(2)45-27-42(79)30-67-60(88)40-25-46-44-5-6-51(81)47(36-101-24-23-100-22-21-99-20-19-98-18-17-97-16-15-96-14-13-95-12-11-94-10-9-75-32-41(73-74-75)33-77-56(86)7-8-57(77)87)59(44)72-64(46)102(93)37-49(69-55(85)31-68-61(45)89)62(90)70-48(29-54(66)84)65(92)76-34-43(80)28-50(76)63(91)71-58(52(82)26-40)39(3)53(83)35-78/h5-8,32,38-40,43,45,48-50,53,58,72,78,80-81,83H,4,9-31,33-37H2,1-3H3,(H2,66,84)(H,67,88)(H,68,89)(H,69,85)(H,70,90)(H,71,91)/t38-,39-,40+,43+,45-,48-,49-,50-,53-,58?,102?/m0/s1. The van der Waals surface area contributed by atoms with E-state index < -0.39 is 188 Å². The number of amides is 9. The number of aliphatic hydroxyl groups excluding tert-OH is 3. The number of aromatic nitrogens is 4. The van der Waals surface area contributed by atoms with Gasteiger partial charge >= 0.3 is 0 Å². The van der Waals surface area contributed by atoms with Gasteiger partial charge < -0.3 is 95.8 Å². The van der Waals surface area contributed by atoms with Gasteiger partial charge in [-0.1, -0.05) is 32.4 Å². The molecule has 12 N–H and O–H groups in total. The summed E-state index contributed by atoms with van der Waals surface area (Å²) in [5, 5.41) is 64.1. The number of rotatable bonds is 35. The number of fused-ring (bicyclic) bond motifs is 5. The lowest BCUT2D eigenvalue weighted by Crippen LogP contribution is -2.60. The Morgan fingerprint density at radius 1 is 0.765 bits per heavy atom. The summed E-state index contributed by atoms with van der Waals surface area (Å²) in [5.74, 6) is -14.0. The lowest BCUT2D eigenvalue weighted by Gasteiger charge is -2.32. The average Bonchev–Trinajstić information content (AvgIpc) is 1.61. The Bertz CT molecular complexity index is 3430. The number of aliphatic hydroxyl groups is 3. The molecule has 1 aromatic carbocycles. The number of nitrogens with two attached hydrogens (primary N) is 1. The Morgan fingerprint density at radius 2 is 1.37 bits per heavy atom. The van der Waals surface area contributed by atoms with Crippen LogP contribution in [0.3, 0.4) is 0 Å². The summed E-state index contributed by atoms with van der Waals surface area (Å²) < 4.78 is 56.1. The first-order chi connectivity index (χ1) is 49.0. The summed E-state index contributed by atoms with van der Waals surface area (Å²) in [5.41, 5.74) is 6.73. The zero-order chi connectivity index (χ0) is 73.8. The maximum atomic E-state index is 15.3. The van der Waals surface area contributed by atoms with Crippen molar-refractivity contribution in [1.29, 1.82) is 0 Å². The number of thioether (sulfide) groups is 1. The third-order valence-corrected chi connectivity index (χ3v) is 19.9. The lowest BCUT2D eigenvalue weighted by molar-refractivity contribution is -0.144. The number of nitrogens with zero attached hydrogens (tertiary/aromatic N) is 5. The summed E-state index contributed by atoms with van der Waals surface area (Å²) in [6.07, 6.45) is -1.42. The monoisotopic (exact) mass is 1470 g/mol. The lowest BCUT2D eigenvalue weighted by atomic mass is 9.85. The number of carbonyl (C=O) groups excluding carboxylic acids is 11. The topological polar surface area (TPSA) is 490 Å². The van der Waals surface area contributed by atoms with Crippen LogP contribution >= 0.6 is 11.8 Å². The molecular formula is C65H94N12O23S2. The normalized spacial score (nSPS) is 23.2. The van der Waals surface area contributed by atoms with E-state index in [4.69, 9.17) is 38.9 Å². The summed E-state index contributed by atoms with van der Waals surface area (Å²) in [6, 6.07) is -4.16. The van der Waals surface area contributed by atoms with Crippen LogP contribution in [0.2, 0.25) is 0 Å². The van der Waals surface area contributed by atoms with Crippen molar-refractivity contribution in [2.75, 3.05) is 130 Å². The molecule has 1 fully saturated rings. The van der Waals surface area contributed by atoms with Crippen LogP contribution in [0, 0.1) is 23.7 Å². The van der Waals surface area contributed by atoms with Crippen molar-refractivity contribution in [3.8, 4) is 5.75 Å². The van der Waals surface area contributed by atoms with Gasteiger partial charge in [-0.05, 0) is 30.0 Å². The molecule has 102 heavy (non-hydrogen) atoms. The fraction of sp³-hybridized carbons (Fsp3) is 0.646. The van der Waals surface area contributed by atoms with Crippen LogP contribution in [-0.2, 0) is 122 Å². The number of imide groups is 1. The van der Waals surface area contributed by atoms with E-state index in [0.29, 0.717) is 108 Å². The van der Waals surface area contributed by atoms with Gasteiger partial charge in [0.25, 0.3) is 11.8 Å². The summed E-state index contributed by atoms with van der Waals surface area (Å²) in [7, 11) is -2.45. The molecule has 1 saturated heterocycles. The molecule has 2 unspecified atom stereocenters.